The number of nitro groups is 2. The number of Topliss-reactive ketones (excluding diaryl/α,β-unsaturated/α-hetero) is 1. The van der Waals surface area contributed by atoms with Crippen LogP contribution < -0.4 is 0 Å². The monoisotopic (exact) mass is 466 g/mol. The number of ether oxygens (including phenoxy) is 2. The summed E-state index contributed by atoms with van der Waals surface area (Å²) in [5.74, 6) is -5.30. The van der Waals surface area contributed by atoms with Gasteiger partial charge in [-0.25, -0.2) is 9.59 Å². The highest BCUT2D eigenvalue weighted by Gasteiger charge is 2.33. The number of nitro benzene ring substituents is 2. The highest BCUT2D eigenvalue weighted by Crippen LogP contribution is 2.26. The molecule has 1 aliphatic rings. The Morgan fingerprint density at radius 1 is 0.853 bits per heavy atom. The van der Waals surface area contributed by atoms with Gasteiger partial charge in [0.25, 0.3) is 11.4 Å². The van der Waals surface area contributed by atoms with Crippen LogP contribution in [0.4, 0.5) is 11.4 Å². The van der Waals surface area contributed by atoms with Crippen LogP contribution in [0.5, 0.6) is 0 Å². The third kappa shape index (κ3) is 4.91. The predicted molar refractivity (Wildman–Crippen MR) is 112 cm³/mol. The fourth-order valence-electron chi connectivity index (χ4n) is 2.96. The molecule has 0 aromatic heterocycles. The van der Waals surface area contributed by atoms with Crippen molar-refractivity contribution in [3.8, 4) is 0 Å². The Morgan fingerprint density at radius 3 is 1.82 bits per heavy atom. The molecule has 34 heavy (non-hydrogen) atoms. The lowest BCUT2D eigenvalue weighted by Gasteiger charge is -2.17. The van der Waals surface area contributed by atoms with Crippen LogP contribution in [0.25, 0.3) is 0 Å². The number of esters is 2. The fraction of sp³-hybridized carbons (Fsp3) is 0.0909. The van der Waals surface area contributed by atoms with E-state index in [0.29, 0.717) is 6.08 Å². The van der Waals surface area contributed by atoms with Gasteiger partial charge in [0, 0.05) is 30.3 Å². The molecule has 0 radical (unpaired) electrons. The highest BCUT2D eigenvalue weighted by atomic mass is 16.6. The smallest absolute Gasteiger partial charge is 0.343 e. The molecule has 2 aromatic rings. The Balaban J connectivity index is 1.83. The third-order valence-corrected chi connectivity index (χ3v) is 4.59. The molecular weight excluding hydrogens is 452 g/mol. The SMILES string of the molecule is CCC1=C(OC(=O)c2cccc([N+](=O)[O-])c2)C(=O)C=C(OC(=O)c2cccc([N+](=O)[O-])c2)C1=O. The minimum atomic E-state index is -1.11. The molecule has 0 aliphatic heterocycles. The Labute approximate surface area is 190 Å². The number of hydrogen-bond acceptors (Lipinski definition) is 10. The van der Waals surface area contributed by atoms with Gasteiger partial charge in [0.2, 0.25) is 11.6 Å². The van der Waals surface area contributed by atoms with Gasteiger partial charge in [-0.15, -0.1) is 0 Å². The summed E-state index contributed by atoms with van der Waals surface area (Å²) in [6, 6.07) is 9.18. The van der Waals surface area contributed by atoms with E-state index in [0.717, 1.165) is 24.3 Å². The fourth-order valence-corrected chi connectivity index (χ4v) is 2.96. The summed E-state index contributed by atoms with van der Waals surface area (Å²) < 4.78 is 10.1. The summed E-state index contributed by atoms with van der Waals surface area (Å²) >= 11 is 0. The minimum Gasteiger partial charge on any atom is -0.419 e. The Kier molecular flexibility index (Phi) is 6.71. The van der Waals surface area contributed by atoms with Gasteiger partial charge in [0.15, 0.2) is 11.5 Å². The molecule has 3 rings (SSSR count). The second-order valence-electron chi connectivity index (χ2n) is 6.76. The predicted octanol–water partition coefficient (Wildman–Crippen LogP) is 3.22. The van der Waals surface area contributed by atoms with E-state index in [1.54, 1.807) is 0 Å². The largest absolute Gasteiger partial charge is 0.419 e. The summed E-state index contributed by atoms with van der Waals surface area (Å²) in [5, 5.41) is 21.8. The molecule has 0 saturated heterocycles. The van der Waals surface area contributed by atoms with Crippen molar-refractivity contribution < 1.29 is 38.5 Å². The van der Waals surface area contributed by atoms with Crippen LogP contribution in [0.1, 0.15) is 34.1 Å². The Bertz CT molecular complexity index is 1320. The van der Waals surface area contributed by atoms with Crippen LogP contribution in [-0.4, -0.2) is 33.4 Å². The number of hydrogen-bond donors (Lipinski definition) is 0. The zero-order valence-electron chi connectivity index (χ0n) is 17.4. The Morgan fingerprint density at radius 2 is 1.35 bits per heavy atom. The quantitative estimate of drug-likeness (QED) is 0.255. The second kappa shape index (κ2) is 9.65. The number of carbonyl (C=O) groups excluding carboxylic acids is 4. The molecule has 0 unspecified atom stereocenters. The maximum atomic E-state index is 12.8. The van der Waals surface area contributed by atoms with Crippen molar-refractivity contribution in [2.45, 2.75) is 13.3 Å². The van der Waals surface area contributed by atoms with Gasteiger partial charge < -0.3 is 9.47 Å². The topological polar surface area (TPSA) is 173 Å². The molecule has 0 atom stereocenters. The average molecular weight is 466 g/mol. The lowest BCUT2D eigenvalue weighted by molar-refractivity contribution is -0.385. The van der Waals surface area contributed by atoms with Crippen molar-refractivity contribution in [2.75, 3.05) is 0 Å². The zero-order valence-corrected chi connectivity index (χ0v) is 17.4. The van der Waals surface area contributed by atoms with E-state index in [1.807, 2.05) is 0 Å². The van der Waals surface area contributed by atoms with E-state index >= 15 is 0 Å². The first kappa shape index (κ1) is 23.7. The van der Waals surface area contributed by atoms with E-state index in [-0.39, 0.29) is 34.5 Å². The van der Waals surface area contributed by atoms with E-state index in [1.165, 1.54) is 31.2 Å². The lowest BCUT2D eigenvalue weighted by Crippen LogP contribution is -2.25. The van der Waals surface area contributed by atoms with Crippen molar-refractivity contribution in [3.63, 3.8) is 0 Å². The van der Waals surface area contributed by atoms with Crippen LogP contribution in [0.2, 0.25) is 0 Å². The molecule has 0 amide bonds. The second-order valence-corrected chi connectivity index (χ2v) is 6.76. The third-order valence-electron chi connectivity index (χ3n) is 4.59. The van der Waals surface area contributed by atoms with Crippen molar-refractivity contribution in [1.29, 1.82) is 0 Å². The number of allylic oxidation sites excluding steroid dienone is 2. The number of rotatable bonds is 7. The summed E-state index contributed by atoms with van der Waals surface area (Å²) in [6.07, 6.45) is 0.584. The van der Waals surface area contributed by atoms with Crippen molar-refractivity contribution in [3.05, 3.63) is 103 Å². The molecule has 0 N–H and O–H groups in total. The molecule has 0 bridgehead atoms. The number of non-ortho nitro benzene ring substituents is 2. The maximum Gasteiger partial charge on any atom is 0.343 e. The van der Waals surface area contributed by atoms with Crippen molar-refractivity contribution in [2.24, 2.45) is 0 Å². The summed E-state index contributed by atoms with van der Waals surface area (Å²) in [6.45, 7) is 1.49. The van der Waals surface area contributed by atoms with Crippen LogP contribution >= 0.6 is 0 Å². The van der Waals surface area contributed by atoms with Gasteiger partial charge in [-0.1, -0.05) is 19.1 Å². The first-order valence-corrected chi connectivity index (χ1v) is 9.59. The van der Waals surface area contributed by atoms with Crippen LogP contribution in [0, 0.1) is 20.2 Å². The van der Waals surface area contributed by atoms with Crippen LogP contribution in [0.3, 0.4) is 0 Å². The molecule has 0 saturated carbocycles. The van der Waals surface area contributed by atoms with Crippen molar-refractivity contribution in [1.82, 2.24) is 0 Å². The number of carbonyl (C=O) groups is 4. The van der Waals surface area contributed by atoms with Gasteiger partial charge in [-0.2, -0.15) is 0 Å². The molecule has 0 fully saturated rings. The Hall–Kier alpha value is -5.00. The first-order valence-electron chi connectivity index (χ1n) is 9.59. The molecule has 172 valence electrons. The van der Waals surface area contributed by atoms with E-state index in [2.05, 4.69) is 0 Å². The molecule has 0 heterocycles. The van der Waals surface area contributed by atoms with Crippen LogP contribution in [-0.2, 0) is 19.1 Å². The summed E-state index contributed by atoms with van der Waals surface area (Å²) in [5.41, 5.74) is -1.45. The number of nitrogens with zero attached hydrogens (tertiary/aromatic N) is 2. The van der Waals surface area contributed by atoms with Gasteiger partial charge in [-0.05, 0) is 18.6 Å². The van der Waals surface area contributed by atoms with E-state index in [4.69, 9.17) is 9.47 Å². The molecule has 0 spiro atoms. The zero-order chi connectivity index (χ0) is 25.0. The molecule has 2 aromatic carbocycles. The molecule has 12 heteroatoms. The molecular formula is C22H14N2O10. The van der Waals surface area contributed by atoms with E-state index in [9.17, 15) is 39.4 Å². The normalized spacial score (nSPS) is 13.3. The van der Waals surface area contributed by atoms with Crippen molar-refractivity contribution >= 4 is 34.9 Å². The first-order chi connectivity index (χ1) is 16.1. The summed E-state index contributed by atoms with van der Waals surface area (Å²) in [4.78, 5) is 70.5. The maximum absolute atomic E-state index is 12.8. The summed E-state index contributed by atoms with van der Waals surface area (Å²) in [7, 11) is 0. The highest BCUT2D eigenvalue weighted by molar-refractivity contribution is 6.22. The molecule has 12 nitrogen and oxygen atoms in total. The van der Waals surface area contributed by atoms with Gasteiger partial charge >= 0.3 is 11.9 Å². The van der Waals surface area contributed by atoms with Gasteiger partial charge in [0.05, 0.1) is 26.5 Å². The van der Waals surface area contributed by atoms with Crippen LogP contribution in [0.15, 0.2) is 71.7 Å². The van der Waals surface area contributed by atoms with Gasteiger partial charge in [0.1, 0.15) is 0 Å². The number of benzene rings is 2. The standard InChI is InChI=1S/C22H14N2O10/c1-2-16-19(26)18(33-21(27)12-5-3-7-14(9-12)23(29)30)11-17(25)20(16)34-22(28)13-6-4-8-15(10-13)24(31)32/h3-11H,2H2,1H3. The molecule has 1 aliphatic carbocycles. The minimum absolute atomic E-state index is 0.0756. The lowest BCUT2D eigenvalue weighted by atomic mass is 9.97. The van der Waals surface area contributed by atoms with E-state index < -0.39 is 44.9 Å². The number of ketones is 2. The average Bonchev–Trinajstić information content (AvgIpc) is 2.82. The van der Waals surface area contributed by atoms with Gasteiger partial charge in [-0.3, -0.25) is 29.8 Å².